The Morgan fingerprint density at radius 3 is 2.74 bits per heavy atom. The van der Waals surface area contributed by atoms with Gasteiger partial charge in [-0.15, -0.1) is 0 Å². The molecule has 2 N–H and O–H groups in total. The number of Topliss-reactive ketones (excluding diaryl/α,β-unsaturated/α-hetero) is 1. The van der Waals surface area contributed by atoms with Crippen LogP contribution in [0.1, 0.15) is 12.8 Å². The van der Waals surface area contributed by atoms with Crippen LogP contribution in [0.25, 0.3) is 0 Å². The summed E-state index contributed by atoms with van der Waals surface area (Å²) in [4.78, 5) is 12.0. The largest absolute Gasteiger partial charge is 0.316 e. The Hall–Kier alpha value is -1.10. The van der Waals surface area contributed by atoms with Crippen molar-refractivity contribution in [2.75, 3.05) is 18.5 Å². The lowest BCUT2D eigenvalue weighted by molar-refractivity contribution is -0.116. The highest BCUT2D eigenvalue weighted by molar-refractivity contribution is 6.83. The van der Waals surface area contributed by atoms with Gasteiger partial charge in [0.1, 0.15) is 0 Å². The van der Waals surface area contributed by atoms with Crippen LogP contribution < -0.4 is 10.7 Å². The van der Waals surface area contributed by atoms with Crippen LogP contribution in [0.4, 0.5) is 5.69 Å². The monoisotopic (exact) mass is 299 g/mol. The molecular formula is C13H15Cl2N3O. The standard InChI is InChI=1S/C13H15Cl2N3O/c14-10-3-5-11(6-4-10)17-18-13(15)12(19)9-2-1-7-16-8-9/h3-6,9,16-17H,1-2,7-8H2/b18-13+. The summed E-state index contributed by atoms with van der Waals surface area (Å²) in [5.41, 5.74) is 3.48. The van der Waals surface area contributed by atoms with Crippen LogP contribution in [0.2, 0.25) is 5.02 Å². The van der Waals surface area contributed by atoms with E-state index in [0.29, 0.717) is 11.6 Å². The number of hydrazone groups is 1. The van der Waals surface area contributed by atoms with E-state index in [1.165, 1.54) is 0 Å². The number of hydrogen-bond donors (Lipinski definition) is 2. The number of halogens is 2. The summed E-state index contributed by atoms with van der Waals surface area (Å²) in [6.07, 6.45) is 1.85. The van der Waals surface area contributed by atoms with Gasteiger partial charge in [0.25, 0.3) is 0 Å². The number of anilines is 1. The molecule has 2 rings (SSSR count). The van der Waals surface area contributed by atoms with E-state index in [2.05, 4.69) is 15.8 Å². The van der Waals surface area contributed by atoms with Crippen molar-refractivity contribution >= 4 is 39.8 Å². The first kappa shape index (κ1) is 14.3. The smallest absolute Gasteiger partial charge is 0.198 e. The number of benzene rings is 1. The first-order valence-electron chi connectivity index (χ1n) is 6.16. The van der Waals surface area contributed by atoms with Gasteiger partial charge in [-0.2, -0.15) is 5.10 Å². The van der Waals surface area contributed by atoms with Gasteiger partial charge in [-0.25, -0.2) is 0 Å². The van der Waals surface area contributed by atoms with Crippen molar-refractivity contribution in [2.24, 2.45) is 11.0 Å². The van der Waals surface area contributed by atoms with Crippen molar-refractivity contribution in [1.29, 1.82) is 0 Å². The fourth-order valence-electron chi connectivity index (χ4n) is 1.94. The molecule has 1 aliphatic rings. The van der Waals surface area contributed by atoms with E-state index in [4.69, 9.17) is 23.2 Å². The third-order valence-electron chi connectivity index (χ3n) is 3.00. The van der Waals surface area contributed by atoms with Crippen LogP contribution in [-0.4, -0.2) is 24.0 Å². The fourth-order valence-corrected chi connectivity index (χ4v) is 2.26. The Morgan fingerprint density at radius 1 is 1.37 bits per heavy atom. The van der Waals surface area contributed by atoms with E-state index in [0.717, 1.165) is 25.1 Å². The maximum absolute atomic E-state index is 12.0. The third-order valence-corrected chi connectivity index (χ3v) is 3.52. The number of piperidine rings is 1. The number of ketones is 1. The van der Waals surface area contributed by atoms with Gasteiger partial charge in [0.05, 0.1) is 5.69 Å². The Morgan fingerprint density at radius 2 is 2.11 bits per heavy atom. The number of carbonyl (C=O) groups excluding carboxylic acids is 1. The van der Waals surface area contributed by atoms with Crippen LogP contribution in [-0.2, 0) is 4.79 Å². The molecule has 0 aromatic heterocycles. The summed E-state index contributed by atoms with van der Waals surface area (Å²) in [6.45, 7) is 1.63. The summed E-state index contributed by atoms with van der Waals surface area (Å²) in [7, 11) is 0. The maximum Gasteiger partial charge on any atom is 0.198 e. The van der Waals surface area contributed by atoms with Gasteiger partial charge >= 0.3 is 0 Å². The van der Waals surface area contributed by atoms with E-state index in [1.54, 1.807) is 24.3 Å². The summed E-state index contributed by atoms with van der Waals surface area (Å²) < 4.78 is 0. The van der Waals surface area contributed by atoms with Crippen molar-refractivity contribution in [3.63, 3.8) is 0 Å². The molecule has 0 bridgehead atoms. The van der Waals surface area contributed by atoms with E-state index in [-0.39, 0.29) is 16.9 Å². The van der Waals surface area contributed by atoms with E-state index in [1.807, 2.05) is 0 Å². The highest BCUT2D eigenvalue weighted by Gasteiger charge is 2.24. The van der Waals surface area contributed by atoms with E-state index < -0.39 is 0 Å². The molecule has 1 heterocycles. The molecule has 19 heavy (non-hydrogen) atoms. The number of nitrogens with one attached hydrogen (secondary N) is 2. The topological polar surface area (TPSA) is 53.5 Å². The predicted octanol–water partition coefficient (Wildman–Crippen LogP) is 2.87. The first-order valence-corrected chi connectivity index (χ1v) is 6.92. The molecule has 102 valence electrons. The van der Waals surface area contributed by atoms with Gasteiger partial charge in [-0.3, -0.25) is 10.2 Å². The van der Waals surface area contributed by atoms with Crippen molar-refractivity contribution in [1.82, 2.24) is 5.32 Å². The second-order valence-electron chi connectivity index (χ2n) is 4.43. The lowest BCUT2D eigenvalue weighted by Crippen LogP contribution is -2.36. The van der Waals surface area contributed by atoms with E-state index in [9.17, 15) is 4.79 Å². The zero-order valence-electron chi connectivity index (χ0n) is 10.3. The molecule has 1 fully saturated rings. The SMILES string of the molecule is O=C(/C(Cl)=N\Nc1ccc(Cl)cc1)C1CCCNC1. The van der Waals surface area contributed by atoms with Crippen molar-refractivity contribution in [2.45, 2.75) is 12.8 Å². The Labute approximate surface area is 122 Å². The highest BCUT2D eigenvalue weighted by atomic mass is 35.5. The molecule has 0 spiro atoms. The fraction of sp³-hybridized carbons (Fsp3) is 0.385. The molecule has 0 amide bonds. The van der Waals surface area contributed by atoms with Crippen LogP contribution in [0.5, 0.6) is 0 Å². The summed E-state index contributed by atoms with van der Waals surface area (Å²) in [6, 6.07) is 7.01. The predicted molar refractivity (Wildman–Crippen MR) is 79.0 cm³/mol. The minimum atomic E-state index is -0.115. The van der Waals surface area contributed by atoms with Crippen molar-refractivity contribution < 1.29 is 4.79 Å². The van der Waals surface area contributed by atoms with Gasteiger partial charge in [-0.05, 0) is 43.7 Å². The van der Waals surface area contributed by atoms with Crippen LogP contribution in [0.3, 0.4) is 0 Å². The molecule has 0 aliphatic carbocycles. The minimum absolute atomic E-state index is 0.0105. The zero-order valence-corrected chi connectivity index (χ0v) is 11.8. The van der Waals surface area contributed by atoms with Crippen molar-refractivity contribution in [3.05, 3.63) is 29.3 Å². The molecule has 1 saturated heterocycles. The van der Waals surface area contributed by atoms with Crippen LogP contribution in [0.15, 0.2) is 29.4 Å². The number of hydrogen-bond acceptors (Lipinski definition) is 4. The molecule has 4 nitrogen and oxygen atoms in total. The Kier molecular flexibility index (Phi) is 5.19. The van der Waals surface area contributed by atoms with Gasteiger partial charge in [0.15, 0.2) is 11.0 Å². The number of carbonyl (C=O) groups is 1. The Bertz CT molecular complexity index is 467. The maximum atomic E-state index is 12.0. The van der Waals surface area contributed by atoms with Crippen molar-refractivity contribution in [3.8, 4) is 0 Å². The number of nitrogens with zero attached hydrogens (tertiary/aromatic N) is 1. The molecular weight excluding hydrogens is 285 g/mol. The molecule has 6 heteroatoms. The normalized spacial score (nSPS) is 20.1. The average molecular weight is 300 g/mol. The van der Waals surface area contributed by atoms with E-state index >= 15 is 0 Å². The van der Waals surface area contributed by atoms with Crippen LogP contribution in [0, 0.1) is 5.92 Å². The number of rotatable bonds is 4. The van der Waals surface area contributed by atoms with Crippen LogP contribution >= 0.6 is 23.2 Å². The van der Waals surface area contributed by atoms with Gasteiger partial charge in [0, 0.05) is 17.5 Å². The Balaban J connectivity index is 1.94. The van der Waals surface area contributed by atoms with Gasteiger partial charge in [0.2, 0.25) is 0 Å². The summed E-state index contributed by atoms with van der Waals surface area (Å²) in [5, 5.41) is 7.72. The molecule has 0 radical (unpaired) electrons. The molecule has 1 aliphatic heterocycles. The quantitative estimate of drug-likeness (QED) is 0.664. The zero-order chi connectivity index (χ0) is 13.7. The van der Waals surface area contributed by atoms with Gasteiger partial charge in [-0.1, -0.05) is 23.2 Å². The lowest BCUT2D eigenvalue weighted by atomic mass is 9.96. The van der Waals surface area contributed by atoms with Gasteiger partial charge < -0.3 is 5.32 Å². The molecule has 1 aromatic carbocycles. The average Bonchev–Trinajstić information content (AvgIpc) is 2.46. The third kappa shape index (κ3) is 4.20. The second kappa shape index (κ2) is 6.89. The second-order valence-corrected chi connectivity index (χ2v) is 5.22. The minimum Gasteiger partial charge on any atom is -0.316 e. The summed E-state index contributed by atoms with van der Waals surface area (Å²) >= 11 is 11.7. The summed E-state index contributed by atoms with van der Waals surface area (Å²) in [5.74, 6) is -0.188. The molecule has 1 unspecified atom stereocenters. The molecule has 0 saturated carbocycles. The first-order chi connectivity index (χ1) is 9.16. The molecule has 1 atom stereocenters. The highest BCUT2D eigenvalue weighted by Crippen LogP contribution is 2.15. The molecule has 1 aromatic rings. The lowest BCUT2D eigenvalue weighted by Gasteiger charge is -2.20.